The van der Waals surface area contributed by atoms with Crippen LogP contribution in [0.15, 0.2) is 36.7 Å². The van der Waals surface area contributed by atoms with Gasteiger partial charge >= 0.3 is 0 Å². The van der Waals surface area contributed by atoms with Crippen molar-refractivity contribution in [3.8, 4) is 0 Å². The Hall–Kier alpha value is -0.480. The van der Waals surface area contributed by atoms with Crippen molar-refractivity contribution in [2.45, 2.75) is 6.42 Å². The molecule has 0 atom stereocenters. The van der Waals surface area contributed by atoms with Crippen LogP contribution in [0.5, 0.6) is 0 Å². The van der Waals surface area contributed by atoms with Crippen LogP contribution in [-0.2, 0) is 6.42 Å². The van der Waals surface area contributed by atoms with Crippen LogP contribution in [0.4, 0.5) is 0 Å². The van der Waals surface area contributed by atoms with Crippen molar-refractivity contribution in [2.75, 3.05) is 0 Å². The van der Waals surface area contributed by atoms with Gasteiger partial charge in [0, 0.05) is 30.2 Å². The number of halogens is 2. The van der Waals surface area contributed by atoms with Crippen LogP contribution in [0, 0.1) is 0 Å². The van der Waals surface area contributed by atoms with Crippen LogP contribution < -0.4 is 0 Å². The second-order valence-electron chi connectivity index (χ2n) is 2.57. The van der Waals surface area contributed by atoms with Crippen molar-refractivity contribution in [3.05, 3.63) is 48.0 Å². The van der Waals surface area contributed by atoms with E-state index in [4.69, 9.17) is 0 Å². The summed E-state index contributed by atoms with van der Waals surface area (Å²) < 4.78 is 0. The average Bonchev–Trinajstić information content (AvgIpc) is 2.60. The summed E-state index contributed by atoms with van der Waals surface area (Å²) in [6.45, 7) is 0. The van der Waals surface area contributed by atoms with Gasteiger partial charge in [-0.3, -0.25) is 0 Å². The van der Waals surface area contributed by atoms with Gasteiger partial charge < -0.3 is 9.97 Å². The number of rotatable bonds is 2. The Bertz CT molecular complexity index is 268. The van der Waals surface area contributed by atoms with Gasteiger partial charge in [0.15, 0.2) is 0 Å². The summed E-state index contributed by atoms with van der Waals surface area (Å²) in [5.74, 6) is 0. The maximum atomic E-state index is 3.16. The number of aromatic nitrogens is 2. The lowest BCUT2D eigenvalue weighted by atomic mass is 10.2. The molecule has 0 unspecified atom stereocenters. The van der Waals surface area contributed by atoms with Crippen LogP contribution in [0.2, 0.25) is 0 Å². The summed E-state index contributed by atoms with van der Waals surface area (Å²) >= 11 is 0. The molecule has 0 spiro atoms. The van der Waals surface area contributed by atoms with Crippen LogP contribution in [0.3, 0.4) is 0 Å². The minimum atomic E-state index is 0. The van der Waals surface area contributed by atoms with Gasteiger partial charge in [0.25, 0.3) is 0 Å². The molecule has 0 amide bonds. The molecule has 2 heterocycles. The summed E-state index contributed by atoms with van der Waals surface area (Å²) in [4.78, 5) is 6.31. The molecule has 13 heavy (non-hydrogen) atoms. The SMILES string of the molecule is Br.Br.c1c[nH]c(Cc2ccc[nH]2)c1. The molecule has 0 saturated carbocycles. The zero-order valence-corrected chi connectivity index (χ0v) is 10.4. The molecular formula is C9H12Br2N2. The molecule has 0 bridgehead atoms. The highest BCUT2D eigenvalue weighted by Gasteiger charge is 1.94. The van der Waals surface area contributed by atoms with Crippen LogP contribution in [0.25, 0.3) is 0 Å². The molecule has 2 rings (SSSR count). The second kappa shape index (κ2) is 6.05. The number of hydrogen-bond acceptors (Lipinski definition) is 0. The number of hydrogen-bond donors (Lipinski definition) is 2. The predicted octanol–water partition coefficient (Wildman–Crippen LogP) is 3.09. The third-order valence-corrected chi connectivity index (χ3v) is 1.71. The van der Waals surface area contributed by atoms with E-state index in [1.807, 2.05) is 24.5 Å². The Morgan fingerprint density at radius 3 is 1.62 bits per heavy atom. The lowest BCUT2D eigenvalue weighted by molar-refractivity contribution is 1.05. The van der Waals surface area contributed by atoms with E-state index < -0.39 is 0 Å². The summed E-state index contributed by atoms with van der Waals surface area (Å²) in [6, 6.07) is 8.19. The van der Waals surface area contributed by atoms with Gasteiger partial charge in [0.2, 0.25) is 0 Å². The van der Waals surface area contributed by atoms with Crippen LogP contribution >= 0.6 is 34.0 Å². The molecule has 0 aromatic carbocycles. The van der Waals surface area contributed by atoms with E-state index in [-0.39, 0.29) is 34.0 Å². The van der Waals surface area contributed by atoms with Gasteiger partial charge in [0.05, 0.1) is 0 Å². The van der Waals surface area contributed by atoms with Crippen LogP contribution in [-0.4, -0.2) is 9.97 Å². The fourth-order valence-corrected chi connectivity index (χ4v) is 1.16. The number of aromatic amines is 2. The quantitative estimate of drug-likeness (QED) is 0.854. The van der Waals surface area contributed by atoms with Crippen LogP contribution in [0.1, 0.15) is 11.4 Å². The smallest absolute Gasteiger partial charge is 0.0278 e. The van der Waals surface area contributed by atoms with Crippen molar-refractivity contribution in [1.29, 1.82) is 0 Å². The summed E-state index contributed by atoms with van der Waals surface area (Å²) in [5.41, 5.74) is 2.49. The third-order valence-electron chi connectivity index (χ3n) is 1.71. The molecule has 0 aliphatic carbocycles. The molecule has 2 aromatic heterocycles. The van der Waals surface area contributed by atoms with Gasteiger partial charge in [-0.25, -0.2) is 0 Å². The molecule has 2 nitrogen and oxygen atoms in total. The molecule has 0 fully saturated rings. The van der Waals surface area contributed by atoms with Crippen molar-refractivity contribution in [1.82, 2.24) is 9.97 Å². The average molecular weight is 308 g/mol. The summed E-state index contributed by atoms with van der Waals surface area (Å²) in [5, 5.41) is 0. The third kappa shape index (κ3) is 3.40. The van der Waals surface area contributed by atoms with Crippen molar-refractivity contribution >= 4 is 34.0 Å². The minimum Gasteiger partial charge on any atom is -0.365 e. The van der Waals surface area contributed by atoms with E-state index in [0.29, 0.717) is 0 Å². The molecule has 4 heteroatoms. The normalized spacial score (nSPS) is 8.62. The van der Waals surface area contributed by atoms with Crippen molar-refractivity contribution < 1.29 is 0 Å². The zero-order valence-electron chi connectivity index (χ0n) is 6.99. The van der Waals surface area contributed by atoms with E-state index in [2.05, 4.69) is 22.1 Å². The lowest BCUT2D eigenvalue weighted by Gasteiger charge is -1.92. The first-order chi connectivity index (χ1) is 5.45. The lowest BCUT2D eigenvalue weighted by Crippen LogP contribution is -1.86. The first kappa shape index (κ1) is 12.5. The highest BCUT2D eigenvalue weighted by atomic mass is 79.9. The largest absolute Gasteiger partial charge is 0.365 e. The number of nitrogens with one attached hydrogen (secondary N) is 2. The zero-order chi connectivity index (χ0) is 7.52. The summed E-state index contributed by atoms with van der Waals surface area (Å²) in [6.07, 6.45) is 4.84. The maximum absolute atomic E-state index is 3.16. The Balaban J connectivity index is 0.000000720. The monoisotopic (exact) mass is 306 g/mol. The van der Waals surface area contributed by atoms with Gasteiger partial charge in [-0.2, -0.15) is 0 Å². The fourth-order valence-electron chi connectivity index (χ4n) is 1.16. The maximum Gasteiger partial charge on any atom is 0.0278 e. The molecule has 0 radical (unpaired) electrons. The van der Waals surface area contributed by atoms with E-state index in [9.17, 15) is 0 Å². The standard InChI is InChI=1S/C9H10N2.2BrH/c1-3-8(10-5-1)7-9-4-2-6-11-9;;/h1-6,10-11H,7H2;2*1H. The first-order valence-electron chi connectivity index (χ1n) is 3.70. The fraction of sp³-hybridized carbons (Fsp3) is 0.111. The van der Waals surface area contributed by atoms with E-state index in [0.717, 1.165) is 6.42 Å². The molecule has 0 aliphatic rings. The highest BCUT2D eigenvalue weighted by Crippen LogP contribution is 2.03. The van der Waals surface area contributed by atoms with Gasteiger partial charge in [-0.15, -0.1) is 34.0 Å². The van der Waals surface area contributed by atoms with E-state index in [1.165, 1.54) is 11.4 Å². The molecule has 2 N–H and O–H groups in total. The Labute approximate surface area is 98.3 Å². The summed E-state index contributed by atoms with van der Waals surface area (Å²) in [7, 11) is 0. The van der Waals surface area contributed by atoms with E-state index >= 15 is 0 Å². The van der Waals surface area contributed by atoms with Gasteiger partial charge in [-0.05, 0) is 24.3 Å². The predicted molar refractivity (Wildman–Crippen MR) is 65.0 cm³/mol. The first-order valence-corrected chi connectivity index (χ1v) is 3.70. The molecule has 0 saturated heterocycles. The molecular weight excluding hydrogens is 296 g/mol. The Kier molecular flexibility index (Phi) is 5.82. The van der Waals surface area contributed by atoms with Gasteiger partial charge in [0.1, 0.15) is 0 Å². The topological polar surface area (TPSA) is 31.6 Å². The molecule has 0 aliphatic heterocycles. The van der Waals surface area contributed by atoms with Crippen molar-refractivity contribution in [2.24, 2.45) is 0 Å². The Morgan fingerprint density at radius 1 is 0.846 bits per heavy atom. The molecule has 72 valence electrons. The molecule has 2 aromatic rings. The van der Waals surface area contributed by atoms with Crippen molar-refractivity contribution in [3.63, 3.8) is 0 Å². The second-order valence-corrected chi connectivity index (χ2v) is 2.57. The van der Waals surface area contributed by atoms with E-state index in [1.54, 1.807) is 0 Å². The Morgan fingerprint density at radius 2 is 1.31 bits per heavy atom. The minimum absolute atomic E-state index is 0. The van der Waals surface area contributed by atoms with Gasteiger partial charge in [-0.1, -0.05) is 0 Å². The number of H-pyrrole nitrogens is 2. The highest BCUT2D eigenvalue weighted by molar-refractivity contribution is 8.93.